The summed E-state index contributed by atoms with van der Waals surface area (Å²) in [5.41, 5.74) is -0.168. The summed E-state index contributed by atoms with van der Waals surface area (Å²) in [5.74, 6) is 0. The van der Waals surface area contributed by atoms with E-state index in [1.165, 1.54) is 0 Å². The number of hydrogen-bond acceptors (Lipinski definition) is 4. The molecule has 1 unspecified atom stereocenters. The smallest absolute Gasteiger partial charge is 0.0900 e. The zero-order chi connectivity index (χ0) is 13.4. The Morgan fingerprint density at radius 1 is 1.44 bits per heavy atom. The van der Waals surface area contributed by atoms with Crippen LogP contribution < -0.4 is 0 Å². The minimum atomic E-state index is -0.409. The van der Waals surface area contributed by atoms with Crippen molar-refractivity contribution in [3.8, 4) is 6.07 Å². The standard InChI is InChI=1S/C14H26N2O2/c1-3-4-9-18-11-13(17)10-16-7-5-14(2,12-15)6-8-16/h13,17H,3-11H2,1-2H3. The second-order valence-corrected chi connectivity index (χ2v) is 5.56. The van der Waals surface area contributed by atoms with Crippen LogP contribution in [-0.4, -0.2) is 49.0 Å². The van der Waals surface area contributed by atoms with Crippen LogP contribution >= 0.6 is 0 Å². The molecule has 1 saturated heterocycles. The molecule has 0 amide bonds. The lowest BCUT2D eigenvalue weighted by Gasteiger charge is -2.35. The third-order valence-corrected chi connectivity index (χ3v) is 3.65. The highest BCUT2D eigenvalue weighted by Crippen LogP contribution is 2.29. The minimum absolute atomic E-state index is 0.168. The summed E-state index contributed by atoms with van der Waals surface area (Å²) in [5, 5.41) is 18.9. The molecule has 4 heteroatoms. The van der Waals surface area contributed by atoms with Crippen molar-refractivity contribution >= 4 is 0 Å². The van der Waals surface area contributed by atoms with Crippen LogP contribution in [0, 0.1) is 16.7 Å². The predicted octanol–water partition coefficient (Wildman–Crippen LogP) is 1.79. The Morgan fingerprint density at radius 3 is 2.67 bits per heavy atom. The molecule has 1 fully saturated rings. The van der Waals surface area contributed by atoms with Gasteiger partial charge in [0, 0.05) is 13.2 Å². The van der Waals surface area contributed by atoms with Gasteiger partial charge in [0.2, 0.25) is 0 Å². The second kappa shape index (κ2) is 7.73. The van der Waals surface area contributed by atoms with Crippen LogP contribution in [-0.2, 0) is 4.74 Å². The van der Waals surface area contributed by atoms with Crippen molar-refractivity contribution in [1.82, 2.24) is 4.90 Å². The minimum Gasteiger partial charge on any atom is -0.389 e. The molecule has 1 N–H and O–H groups in total. The van der Waals surface area contributed by atoms with Crippen molar-refractivity contribution in [1.29, 1.82) is 5.26 Å². The van der Waals surface area contributed by atoms with E-state index in [0.717, 1.165) is 45.4 Å². The fourth-order valence-electron chi connectivity index (χ4n) is 2.16. The van der Waals surface area contributed by atoms with Gasteiger partial charge in [-0.05, 0) is 39.3 Å². The number of aliphatic hydroxyl groups excluding tert-OH is 1. The van der Waals surface area contributed by atoms with Crippen LogP contribution in [0.2, 0.25) is 0 Å². The first-order valence-electron chi connectivity index (χ1n) is 6.99. The van der Waals surface area contributed by atoms with Crippen molar-refractivity contribution in [2.24, 2.45) is 5.41 Å². The number of nitriles is 1. The van der Waals surface area contributed by atoms with E-state index in [1.54, 1.807) is 0 Å². The largest absolute Gasteiger partial charge is 0.389 e. The molecule has 0 bridgehead atoms. The van der Waals surface area contributed by atoms with Crippen LogP contribution in [0.3, 0.4) is 0 Å². The first-order valence-corrected chi connectivity index (χ1v) is 6.99. The van der Waals surface area contributed by atoms with Gasteiger partial charge in [0.15, 0.2) is 0 Å². The van der Waals surface area contributed by atoms with Crippen molar-refractivity contribution in [3.63, 3.8) is 0 Å². The lowest BCUT2D eigenvalue weighted by Crippen LogP contribution is -2.42. The van der Waals surface area contributed by atoms with E-state index >= 15 is 0 Å². The molecule has 0 saturated carbocycles. The Bertz CT molecular complexity index is 267. The Hall–Kier alpha value is -0.630. The second-order valence-electron chi connectivity index (χ2n) is 5.56. The molecule has 1 atom stereocenters. The number of unbranched alkanes of at least 4 members (excludes halogenated alkanes) is 1. The molecule has 0 aliphatic carbocycles. The highest BCUT2D eigenvalue weighted by atomic mass is 16.5. The van der Waals surface area contributed by atoms with E-state index in [0.29, 0.717) is 13.2 Å². The van der Waals surface area contributed by atoms with Crippen molar-refractivity contribution in [2.75, 3.05) is 32.8 Å². The fraction of sp³-hybridized carbons (Fsp3) is 0.929. The van der Waals surface area contributed by atoms with Gasteiger partial charge in [0.05, 0.1) is 24.2 Å². The number of rotatable bonds is 7. The van der Waals surface area contributed by atoms with Crippen molar-refractivity contribution in [2.45, 2.75) is 45.6 Å². The van der Waals surface area contributed by atoms with Crippen LogP contribution in [0.15, 0.2) is 0 Å². The normalized spacial score (nSPS) is 21.4. The van der Waals surface area contributed by atoms with Crippen LogP contribution in [0.5, 0.6) is 0 Å². The van der Waals surface area contributed by atoms with Gasteiger partial charge in [-0.1, -0.05) is 13.3 Å². The summed E-state index contributed by atoms with van der Waals surface area (Å²) in [6.45, 7) is 7.76. The van der Waals surface area contributed by atoms with E-state index in [9.17, 15) is 5.11 Å². The number of likely N-dealkylation sites (tertiary alicyclic amines) is 1. The van der Waals surface area contributed by atoms with Gasteiger partial charge in [-0.15, -0.1) is 0 Å². The fourth-order valence-corrected chi connectivity index (χ4v) is 2.16. The molecule has 18 heavy (non-hydrogen) atoms. The quantitative estimate of drug-likeness (QED) is 0.704. The van der Waals surface area contributed by atoms with Crippen molar-refractivity contribution < 1.29 is 9.84 Å². The highest BCUT2D eigenvalue weighted by Gasteiger charge is 2.30. The number of ether oxygens (including phenoxy) is 1. The van der Waals surface area contributed by atoms with E-state index < -0.39 is 6.10 Å². The molecule has 0 aromatic heterocycles. The lowest BCUT2D eigenvalue weighted by molar-refractivity contribution is 0.00761. The Morgan fingerprint density at radius 2 is 2.11 bits per heavy atom. The Balaban J connectivity index is 2.15. The number of nitrogens with zero attached hydrogens (tertiary/aromatic N) is 2. The number of piperidine rings is 1. The van der Waals surface area contributed by atoms with Crippen molar-refractivity contribution in [3.05, 3.63) is 0 Å². The molecule has 0 spiro atoms. The number of β-amino-alcohol motifs (C(OH)–C–C–N with tert-alkyl or cyclic N) is 1. The van der Waals surface area contributed by atoms with Gasteiger partial charge < -0.3 is 14.7 Å². The predicted molar refractivity (Wildman–Crippen MR) is 71.1 cm³/mol. The number of hydrogen-bond donors (Lipinski definition) is 1. The average Bonchev–Trinajstić information content (AvgIpc) is 2.38. The van der Waals surface area contributed by atoms with E-state index in [2.05, 4.69) is 17.9 Å². The van der Waals surface area contributed by atoms with Crippen LogP contribution in [0.4, 0.5) is 0 Å². The van der Waals surface area contributed by atoms with Crippen LogP contribution in [0.25, 0.3) is 0 Å². The molecule has 1 rings (SSSR count). The van der Waals surface area contributed by atoms with E-state index in [-0.39, 0.29) is 5.41 Å². The van der Waals surface area contributed by atoms with Gasteiger partial charge in [-0.2, -0.15) is 5.26 Å². The Kier molecular flexibility index (Phi) is 6.62. The molecule has 4 nitrogen and oxygen atoms in total. The third kappa shape index (κ3) is 5.34. The summed E-state index contributed by atoms with van der Waals surface area (Å²) in [7, 11) is 0. The van der Waals surface area contributed by atoms with Gasteiger partial charge in [-0.3, -0.25) is 0 Å². The van der Waals surface area contributed by atoms with Gasteiger partial charge >= 0.3 is 0 Å². The van der Waals surface area contributed by atoms with E-state index in [4.69, 9.17) is 10.00 Å². The summed E-state index contributed by atoms with van der Waals surface area (Å²) in [4.78, 5) is 2.23. The maximum Gasteiger partial charge on any atom is 0.0900 e. The molecule has 0 aromatic carbocycles. The molecule has 1 aliphatic rings. The molecular weight excluding hydrogens is 228 g/mol. The average molecular weight is 254 g/mol. The molecule has 104 valence electrons. The summed E-state index contributed by atoms with van der Waals surface area (Å²) in [6, 6.07) is 2.39. The summed E-state index contributed by atoms with van der Waals surface area (Å²) < 4.78 is 5.41. The van der Waals surface area contributed by atoms with Gasteiger partial charge in [0.1, 0.15) is 0 Å². The molecule has 1 aliphatic heterocycles. The number of aliphatic hydroxyl groups is 1. The molecular formula is C14H26N2O2. The monoisotopic (exact) mass is 254 g/mol. The maximum atomic E-state index is 9.86. The van der Waals surface area contributed by atoms with E-state index in [1.807, 2.05) is 6.92 Å². The topological polar surface area (TPSA) is 56.5 Å². The van der Waals surface area contributed by atoms with Gasteiger partial charge in [0.25, 0.3) is 0 Å². The highest BCUT2D eigenvalue weighted by molar-refractivity contribution is 4.98. The molecule has 0 aromatic rings. The summed E-state index contributed by atoms with van der Waals surface area (Å²) >= 11 is 0. The lowest BCUT2D eigenvalue weighted by atomic mass is 9.82. The zero-order valence-corrected chi connectivity index (χ0v) is 11.7. The first-order chi connectivity index (χ1) is 8.59. The third-order valence-electron chi connectivity index (χ3n) is 3.65. The Labute approximate surface area is 111 Å². The molecule has 0 radical (unpaired) electrons. The van der Waals surface area contributed by atoms with Gasteiger partial charge in [-0.25, -0.2) is 0 Å². The SMILES string of the molecule is CCCCOCC(O)CN1CCC(C)(C#N)CC1. The molecule has 1 heterocycles. The summed E-state index contributed by atoms with van der Waals surface area (Å²) in [6.07, 6.45) is 3.56. The first kappa shape index (κ1) is 15.4. The maximum absolute atomic E-state index is 9.86. The van der Waals surface area contributed by atoms with Crippen LogP contribution in [0.1, 0.15) is 39.5 Å². The zero-order valence-electron chi connectivity index (χ0n) is 11.7.